The summed E-state index contributed by atoms with van der Waals surface area (Å²) in [6.45, 7) is 3.79. The summed E-state index contributed by atoms with van der Waals surface area (Å²) in [6.07, 6.45) is 3.00. The number of hydrogen-bond acceptors (Lipinski definition) is 5. The molecule has 1 saturated carbocycles. The van der Waals surface area contributed by atoms with Crippen LogP contribution in [0.3, 0.4) is 0 Å². The fourth-order valence-corrected chi connectivity index (χ4v) is 3.24. The second kappa shape index (κ2) is 5.48. The molecule has 1 aromatic carbocycles. The van der Waals surface area contributed by atoms with Crippen LogP contribution in [0.5, 0.6) is 0 Å². The highest BCUT2D eigenvalue weighted by molar-refractivity contribution is 5.55. The number of aromatic nitrogens is 2. The number of benzene rings is 1. The second-order valence-electron chi connectivity index (χ2n) is 6.63. The van der Waals surface area contributed by atoms with Crippen molar-refractivity contribution in [1.29, 1.82) is 0 Å². The van der Waals surface area contributed by atoms with E-state index in [0.29, 0.717) is 24.7 Å². The molecular weight excluding hydrogens is 278 g/mol. The molecule has 2 unspecified atom stereocenters. The first-order chi connectivity index (χ1) is 10.7. The molecule has 1 aromatic heterocycles. The molecule has 2 aromatic rings. The quantitative estimate of drug-likeness (QED) is 0.940. The average molecular weight is 299 g/mol. The normalized spacial score (nSPS) is 25.7. The van der Waals surface area contributed by atoms with E-state index in [1.807, 2.05) is 12.1 Å². The van der Waals surface area contributed by atoms with Crippen molar-refractivity contribution in [1.82, 2.24) is 15.0 Å². The van der Waals surface area contributed by atoms with E-state index in [0.717, 1.165) is 18.0 Å². The minimum Gasteiger partial charge on any atom is -0.392 e. The maximum Gasteiger partial charge on any atom is 0.244 e. The summed E-state index contributed by atoms with van der Waals surface area (Å²) in [7, 11) is 0. The summed E-state index contributed by atoms with van der Waals surface area (Å²) >= 11 is 0. The predicted molar refractivity (Wildman–Crippen MR) is 82.1 cm³/mol. The molecule has 5 heteroatoms. The molecule has 1 aliphatic heterocycles. The van der Waals surface area contributed by atoms with E-state index >= 15 is 0 Å². The van der Waals surface area contributed by atoms with Crippen LogP contribution in [0.2, 0.25) is 0 Å². The largest absolute Gasteiger partial charge is 0.392 e. The van der Waals surface area contributed by atoms with Crippen molar-refractivity contribution < 1.29 is 9.63 Å². The van der Waals surface area contributed by atoms with Crippen LogP contribution in [0.25, 0.3) is 11.4 Å². The number of aliphatic hydroxyl groups is 1. The van der Waals surface area contributed by atoms with Gasteiger partial charge in [0.15, 0.2) is 0 Å². The second-order valence-corrected chi connectivity index (χ2v) is 6.63. The van der Waals surface area contributed by atoms with Gasteiger partial charge in [-0.15, -0.1) is 0 Å². The monoisotopic (exact) mass is 299 g/mol. The Kier molecular flexibility index (Phi) is 3.47. The third-order valence-corrected chi connectivity index (χ3v) is 4.57. The lowest BCUT2D eigenvalue weighted by Gasteiger charge is -2.20. The van der Waals surface area contributed by atoms with Gasteiger partial charge in [-0.3, -0.25) is 4.90 Å². The van der Waals surface area contributed by atoms with Gasteiger partial charge in [-0.2, -0.15) is 4.98 Å². The van der Waals surface area contributed by atoms with Crippen molar-refractivity contribution >= 4 is 0 Å². The van der Waals surface area contributed by atoms with Crippen molar-refractivity contribution in [2.24, 2.45) is 5.92 Å². The van der Waals surface area contributed by atoms with Crippen LogP contribution in [0, 0.1) is 12.8 Å². The molecule has 2 atom stereocenters. The summed E-state index contributed by atoms with van der Waals surface area (Å²) in [6, 6.07) is 8.16. The van der Waals surface area contributed by atoms with Gasteiger partial charge in [0.05, 0.1) is 12.1 Å². The molecule has 2 fully saturated rings. The fourth-order valence-electron chi connectivity index (χ4n) is 3.24. The highest BCUT2D eigenvalue weighted by atomic mass is 16.5. The van der Waals surface area contributed by atoms with E-state index in [4.69, 9.17) is 4.52 Å². The number of likely N-dealkylation sites (tertiary alicyclic amines) is 1. The average Bonchev–Trinajstić information content (AvgIpc) is 3.04. The van der Waals surface area contributed by atoms with E-state index in [2.05, 4.69) is 34.1 Å². The molecule has 5 nitrogen and oxygen atoms in total. The Morgan fingerprint density at radius 1 is 1.36 bits per heavy atom. The lowest BCUT2D eigenvalue weighted by molar-refractivity contribution is 0.170. The predicted octanol–water partition coefficient (Wildman–Crippen LogP) is 2.56. The molecule has 4 rings (SSSR count). The smallest absolute Gasteiger partial charge is 0.244 e. The van der Waals surface area contributed by atoms with Crippen molar-refractivity contribution in [3.05, 3.63) is 35.7 Å². The molecule has 0 spiro atoms. The third kappa shape index (κ3) is 2.78. The molecule has 2 heterocycles. The Bertz CT molecular complexity index is 665. The first-order valence-electron chi connectivity index (χ1n) is 8.02. The number of aryl methyl sites for hydroxylation is 1. The van der Waals surface area contributed by atoms with E-state index in [-0.39, 0.29) is 12.1 Å². The minimum absolute atomic E-state index is 0.0571. The van der Waals surface area contributed by atoms with Gasteiger partial charge in [0, 0.05) is 18.7 Å². The Labute approximate surface area is 130 Å². The van der Waals surface area contributed by atoms with Crippen molar-refractivity contribution in [3.8, 4) is 11.4 Å². The Morgan fingerprint density at radius 3 is 3.00 bits per heavy atom. The van der Waals surface area contributed by atoms with Gasteiger partial charge in [0.2, 0.25) is 11.7 Å². The summed E-state index contributed by atoms with van der Waals surface area (Å²) in [4.78, 5) is 6.89. The van der Waals surface area contributed by atoms with Crippen LogP contribution in [-0.2, 0) is 0 Å². The molecule has 1 saturated heterocycles. The van der Waals surface area contributed by atoms with Crippen LogP contribution in [0.4, 0.5) is 0 Å². The molecule has 1 aliphatic carbocycles. The van der Waals surface area contributed by atoms with Crippen molar-refractivity contribution in [2.45, 2.75) is 38.3 Å². The molecular formula is C17H21N3O2. The van der Waals surface area contributed by atoms with Crippen LogP contribution >= 0.6 is 0 Å². The molecule has 2 aliphatic rings. The van der Waals surface area contributed by atoms with Crippen molar-refractivity contribution in [3.63, 3.8) is 0 Å². The van der Waals surface area contributed by atoms with E-state index in [1.54, 1.807) is 0 Å². The number of rotatable bonds is 4. The minimum atomic E-state index is -0.293. The van der Waals surface area contributed by atoms with E-state index < -0.39 is 0 Å². The topological polar surface area (TPSA) is 62.4 Å². The fraction of sp³-hybridized carbons (Fsp3) is 0.529. The van der Waals surface area contributed by atoms with E-state index in [1.165, 1.54) is 18.4 Å². The number of β-amino-alcohol motifs (C(OH)–C–C–N with tert-alkyl or cyclic N) is 1. The number of nitrogens with zero attached hydrogens (tertiary/aromatic N) is 3. The Balaban J connectivity index is 1.57. The zero-order valence-electron chi connectivity index (χ0n) is 12.8. The Morgan fingerprint density at radius 2 is 2.23 bits per heavy atom. The maximum atomic E-state index is 9.99. The number of aliphatic hydroxyl groups excluding tert-OH is 1. The van der Waals surface area contributed by atoms with Gasteiger partial charge in [-0.1, -0.05) is 28.9 Å². The van der Waals surface area contributed by atoms with Gasteiger partial charge in [0.25, 0.3) is 0 Å². The Hall–Kier alpha value is -1.72. The lowest BCUT2D eigenvalue weighted by Crippen LogP contribution is -2.27. The first-order valence-corrected chi connectivity index (χ1v) is 8.02. The van der Waals surface area contributed by atoms with Crippen LogP contribution < -0.4 is 0 Å². The van der Waals surface area contributed by atoms with Gasteiger partial charge in [-0.25, -0.2) is 0 Å². The highest BCUT2D eigenvalue weighted by Gasteiger charge is 2.38. The van der Waals surface area contributed by atoms with Gasteiger partial charge in [0.1, 0.15) is 0 Å². The van der Waals surface area contributed by atoms with Crippen LogP contribution in [-0.4, -0.2) is 39.3 Å². The third-order valence-electron chi connectivity index (χ3n) is 4.57. The molecule has 0 amide bonds. The molecule has 0 bridgehead atoms. The zero-order valence-corrected chi connectivity index (χ0v) is 12.8. The molecule has 116 valence electrons. The maximum absolute atomic E-state index is 9.99. The van der Waals surface area contributed by atoms with Crippen LogP contribution in [0.1, 0.15) is 36.8 Å². The summed E-state index contributed by atoms with van der Waals surface area (Å²) in [5, 5.41) is 14.1. The SMILES string of the molecule is Cc1cccc(-c2noc(C3CC(O)CN3CC3CC3)n2)c1. The summed E-state index contributed by atoms with van der Waals surface area (Å²) < 4.78 is 5.51. The molecule has 22 heavy (non-hydrogen) atoms. The zero-order chi connectivity index (χ0) is 15.1. The van der Waals surface area contributed by atoms with Gasteiger partial charge >= 0.3 is 0 Å². The van der Waals surface area contributed by atoms with Gasteiger partial charge in [-0.05, 0) is 38.2 Å². The van der Waals surface area contributed by atoms with Crippen LogP contribution in [0.15, 0.2) is 28.8 Å². The van der Waals surface area contributed by atoms with Crippen molar-refractivity contribution in [2.75, 3.05) is 13.1 Å². The molecule has 1 N–H and O–H groups in total. The lowest BCUT2D eigenvalue weighted by atomic mass is 10.1. The standard InChI is InChI=1S/C17H21N3O2/c1-11-3-2-4-13(7-11)16-18-17(22-19-16)15-8-14(21)10-20(15)9-12-5-6-12/h2-4,7,12,14-15,21H,5-6,8-10H2,1H3. The first kappa shape index (κ1) is 13.9. The summed E-state index contributed by atoms with van der Waals surface area (Å²) in [5.74, 6) is 2.05. The van der Waals surface area contributed by atoms with E-state index in [9.17, 15) is 5.11 Å². The summed E-state index contributed by atoms with van der Waals surface area (Å²) in [5.41, 5.74) is 2.15. The highest BCUT2D eigenvalue weighted by Crippen LogP contribution is 2.37. The molecule has 0 radical (unpaired) electrons. The number of hydrogen-bond donors (Lipinski definition) is 1. The van der Waals surface area contributed by atoms with Gasteiger partial charge < -0.3 is 9.63 Å².